The van der Waals surface area contributed by atoms with E-state index in [2.05, 4.69) is 24.5 Å². The summed E-state index contributed by atoms with van der Waals surface area (Å²) in [5, 5.41) is 0. The van der Waals surface area contributed by atoms with Gasteiger partial charge in [-0.3, -0.25) is 4.90 Å². The molecule has 0 aliphatic carbocycles. The van der Waals surface area contributed by atoms with E-state index >= 15 is 0 Å². The van der Waals surface area contributed by atoms with Gasteiger partial charge >= 0.3 is 0 Å². The third kappa shape index (κ3) is 3.74. The molecular formula is C16H23NO3. The molecule has 4 heteroatoms. The molecule has 1 heterocycles. The van der Waals surface area contributed by atoms with E-state index < -0.39 is 0 Å². The molecule has 1 aromatic carbocycles. The fraction of sp³-hybridized carbons (Fsp3) is 0.500. The van der Waals surface area contributed by atoms with Crippen molar-refractivity contribution < 1.29 is 14.2 Å². The van der Waals surface area contributed by atoms with E-state index in [1.54, 1.807) is 13.2 Å². The third-order valence-corrected chi connectivity index (χ3v) is 3.48. The van der Waals surface area contributed by atoms with Crippen molar-refractivity contribution >= 4 is 0 Å². The minimum Gasteiger partial charge on any atom is -0.493 e. The van der Waals surface area contributed by atoms with Crippen LogP contribution in [0, 0.1) is 0 Å². The lowest BCUT2D eigenvalue weighted by molar-refractivity contribution is -0.00439. The summed E-state index contributed by atoms with van der Waals surface area (Å²) < 4.78 is 16.4. The topological polar surface area (TPSA) is 30.9 Å². The Balaban J connectivity index is 2.06. The van der Waals surface area contributed by atoms with Crippen LogP contribution in [-0.2, 0) is 11.3 Å². The highest BCUT2D eigenvalue weighted by atomic mass is 16.5. The maximum atomic E-state index is 5.57. The standard InChI is InChI=1S/C16H23NO3/c1-4-8-20-15-6-5-14(10-16(15)18-3)11-17-7-9-19-12-13(17)2/h4-6,10,13H,1,7-9,11-12H2,2-3H3/t13-/m0/s1. The summed E-state index contributed by atoms with van der Waals surface area (Å²) in [7, 11) is 1.66. The monoisotopic (exact) mass is 277 g/mol. The van der Waals surface area contributed by atoms with Gasteiger partial charge in [0.1, 0.15) is 6.61 Å². The summed E-state index contributed by atoms with van der Waals surface area (Å²) in [4.78, 5) is 2.42. The lowest BCUT2D eigenvalue weighted by Crippen LogP contribution is -2.42. The quantitative estimate of drug-likeness (QED) is 0.748. The molecule has 110 valence electrons. The third-order valence-electron chi connectivity index (χ3n) is 3.48. The predicted octanol–water partition coefficient (Wildman–Crippen LogP) is 2.48. The van der Waals surface area contributed by atoms with Gasteiger partial charge in [0.15, 0.2) is 11.5 Å². The van der Waals surface area contributed by atoms with Gasteiger partial charge < -0.3 is 14.2 Å². The Morgan fingerprint density at radius 1 is 1.45 bits per heavy atom. The Kier molecular flexibility index (Phi) is 5.44. The number of benzene rings is 1. The van der Waals surface area contributed by atoms with Crippen LogP contribution in [0.15, 0.2) is 30.9 Å². The van der Waals surface area contributed by atoms with Crippen molar-refractivity contribution in [2.24, 2.45) is 0 Å². The molecule has 1 aliphatic heterocycles. The summed E-state index contributed by atoms with van der Waals surface area (Å²) in [5.74, 6) is 1.52. The van der Waals surface area contributed by atoms with E-state index in [1.165, 1.54) is 5.56 Å². The zero-order chi connectivity index (χ0) is 14.4. The van der Waals surface area contributed by atoms with Crippen LogP contribution >= 0.6 is 0 Å². The first-order valence-corrected chi connectivity index (χ1v) is 6.97. The maximum Gasteiger partial charge on any atom is 0.161 e. The van der Waals surface area contributed by atoms with E-state index in [9.17, 15) is 0 Å². The van der Waals surface area contributed by atoms with Gasteiger partial charge in [-0.25, -0.2) is 0 Å². The number of ether oxygens (including phenoxy) is 3. The van der Waals surface area contributed by atoms with Crippen molar-refractivity contribution in [3.8, 4) is 11.5 Å². The zero-order valence-corrected chi connectivity index (χ0v) is 12.3. The number of hydrogen-bond acceptors (Lipinski definition) is 4. The van der Waals surface area contributed by atoms with Gasteiger partial charge in [0.2, 0.25) is 0 Å². The lowest BCUT2D eigenvalue weighted by Gasteiger charge is -2.33. The van der Waals surface area contributed by atoms with Crippen LogP contribution in [-0.4, -0.2) is 44.4 Å². The summed E-state index contributed by atoms with van der Waals surface area (Å²) in [6.45, 7) is 9.81. The molecule has 1 atom stereocenters. The molecule has 0 aromatic heterocycles. The molecule has 1 saturated heterocycles. The van der Waals surface area contributed by atoms with Crippen molar-refractivity contribution in [2.45, 2.75) is 19.5 Å². The average molecular weight is 277 g/mol. The molecule has 20 heavy (non-hydrogen) atoms. The molecule has 0 amide bonds. The molecule has 0 bridgehead atoms. The smallest absolute Gasteiger partial charge is 0.161 e. The van der Waals surface area contributed by atoms with Crippen LogP contribution in [0.1, 0.15) is 12.5 Å². The molecule has 0 unspecified atom stereocenters. The van der Waals surface area contributed by atoms with Gasteiger partial charge in [-0.15, -0.1) is 0 Å². The van der Waals surface area contributed by atoms with Gasteiger partial charge in [0.05, 0.1) is 20.3 Å². The van der Waals surface area contributed by atoms with Crippen molar-refractivity contribution in [1.29, 1.82) is 0 Å². The van der Waals surface area contributed by atoms with Gasteiger partial charge in [-0.2, -0.15) is 0 Å². The van der Waals surface area contributed by atoms with Crippen LogP contribution in [0.2, 0.25) is 0 Å². The molecule has 0 N–H and O–H groups in total. The van der Waals surface area contributed by atoms with Crippen LogP contribution < -0.4 is 9.47 Å². The Morgan fingerprint density at radius 2 is 2.30 bits per heavy atom. The van der Waals surface area contributed by atoms with Crippen LogP contribution in [0.25, 0.3) is 0 Å². The number of rotatable bonds is 6. The highest BCUT2D eigenvalue weighted by molar-refractivity contribution is 5.43. The largest absolute Gasteiger partial charge is 0.493 e. The molecule has 0 saturated carbocycles. The average Bonchev–Trinajstić information content (AvgIpc) is 2.48. The number of morpholine rings is 1. The molecule has 0 radical (unpaired) electrons. The Morgan fingerprint density at radius 3 is 3.00 bits per heavy atom. The van der Waals surface area contributed by atoms with Gasteiger partial charge in [0.25, 0.3) is 0 Å². The minimum absolute atomic E-state index is 0.450. The number of methoxy groups -OCH3 is 1. The summed E-state index contributed by atoms with van der Waals surface area (Å²) in [5.41, 5.74) is 1.22. The summed E-state index contributed by atoms with van der Waals surface area (Å²) in [6, 6.07) is 6.54. The highest BCUT2D eigenvalue weighted by Gasteiger charge is 2.19. The molecule has 1 fully saturated rings. The van der Waals surface area contributed by atoms with E-state index in [0.29, 0.717) is 12.6 Å². The number of nitrogens with zero attached hydrogens (tertiary/aromatic N) is 1. The van der Waals surface area contributed by atoms with Gasteiger partial charge in [-0.1, -0.05) is 18.7 Å². The first-order chi connectivity index (χ1) is 9.74. The van der Waals surface area contributed by atoms with Gasteiger partial charge in [0, 0.05) is 19.1 Å². The second-order valence-corrected chi connectivity index (χ2v) is 4.98. The van der Waals surface area contributed by atoms with Crippen molar-refractivity contribution in [3.05, 3.63) is 36.4 Å². The van der Waals surface area contributed by atoms with Crippen molar-refractivity contribution in [2.75, 3.05) is 33.5 Å². The van der Waals surface area contributed by atoms with Gasteiger partial charge in [-0.05, 0) is 24.6 Å². The van der Waals surface area contributed by atoms with E-state index in [1.807, 2.05) is 12.1 Å². The Hall–Kier alpha value is -1.52. The van der Waals surface area contributed by atoms with E-state index in [-0.39, 0.29) is 0 Å². The molecular weight excluding hydrogens is 254 g/mol. The Labute approximate surface area is 120 Å². The molecule has 0 spiro atoms. The summed E-state index contributed by atoms with van der Waals surface area (Å²) in [6.07, 6.45) is 1.72. The molecule has 4 nitrogen and oxygen atoms in total. The fourth-order valence-electron chi connectivity index (χ4n) is 2.31. The second-order valence-electron chi connectivity index (χ2n) is 4.98. The van der Waals surface area contributed by atoms with Crippen LogP contribution in [0.5, 0.6) is 11.5 Å². The van der Waals surface area contributed by atoms with Crippen LogP contribution in [0.3, 0.4) is 0 Å². The normalized spacial score (nSPS) is 19.6. The fourth-order valence-corrected chi connectivity index (χ4v) is 2.31. The first kappa shape index (κ1) is 14.9. The molecule has 1 aliphatic rings. The zero-order valence-electron chi connectivity index (χ0n) is 12.3. The Bertz CT molecular complexity index is 447. The lowest BCUT2D eigenvalue weighted by atomic mass is 10.1. The maximum absolute atomic E-state index is 5.57. The first-order valence-electron chi connectivity index (χ1n) is 6.97. The predicted molar refractivity (Wildman–Crippen MR) is 79.4 cm³/mol. The van der Waals surface area contributed by atoms with Crippen molar-refractivity contribution in [1.82, 2.24) is 4.90 Å². The molecule has 2 rings (SSSR count). The van der Waals surface area contributed by atoms with Crippen molar-refractivity contribution in [3.63, 3.8) is 0 Å². The SMILES string of the molecule is C=CCOc1ccc(CN2CCOC[C@@H]2C)cc1OC. The van der Waals surface area contributed by atoms with E-state index in [0.717, 1.165) is 37.8 Å². The van der Waals surface area contributed by atoms with Crippen LogP contribution in [0.4, 0.5) is 0 Å². The number of hydrogen-bond donors (Lipinski definition) is 0. The van der Waals surface area contributed by atoms with E-state index in [4.69, 9.17) is 14.2 Å². The highest BCUT2D eigenvalue weighted by Crippen LogP contribution is 2.29. The minimum atomic E-state index is 0.450. The molecule has 1 aromatic rings. The summed E-state index contributed by atoms with van der Waals surface area (Å²) >= 11 is 0. The second kappa shape index (κ2) is 7.31.